The fourth-order valence-electron chi connectivity index (χ4n) is 1.24. The Balaban J connectivity index is 2.88. The molecular weight excluding hydrogens is 311 g/mol. The van der Waals surface area contributed by atoms with Gasteiger partial charge in [-0.3, -0.25) is 4.79 Å². The molecule has 0 aliphatic carbocycles. The summed E-state index contributed by atoms with van der Waals surface area (Å²) in [5.74, 6) is -0.264. The van der Waals surface area contributed by atoms with Crippen LogP contribution in [0.15, 0.2) is 30.5 Å². The Kier molecular flexibility index (Phi) is 5.49. The average Bonchev–Trinajstić information content (AvgIpc) is 2.37. The molecule has 0 saturated heterocycles. The lowest BCUT2D eigenvalue weighted by molar-refractivity contribution is -0.113. The maximum atomic E-state index is 11.3. The first-order valence-electron chi connectivity index (χ1n) is 5.01. The van der Waals surface area contributed by atoms with Crippen LogP contribution in [0.4, 0.5) is 5.69 Å². The molecule has 0 aromatic heterocycles. The third kappa shape index (κ3) is 4.32. The first kappa shape index (κ1) is 15.6. The number of halogens is 3. The summed E-state index contributed by atoms with van der Waals surface area (Å²) in [4.78, 5) is 11.3. The molecule has 19 heavy (non-hydrogen) atoms. The molecular formula is C12H9Cl3N2O2. The van der Waals surface area contributed by atoms with Crippen molar-refractivity contribution in [2.75, 3.05) is 12.4 Å². The third-order valence-electron chi connectivity index (χ3n) is 2.11. The number of alkyl halides is 3. The number of allylic oxidation sites excluding steroid dienone is 1. The zero-order chi connectivity index (χ0) is 14.5. The number of anilines is 1. The molecule has 0 saturated carbocycles. The lowest BCUT2D eigenvalue weighted by Gasteiger charge is -2.08. The standard InChI is InChI=1S/C12H9Cl3N2O2/c1-19-10-4-2-3-9(8(10)7-16)17-6-5-11(18)12(13,14)15/h2-6,17H,1H3/b6-5-. The van der Waals surface area contributed by atoms with Crippen molar-refractivity contribution in [2.45, 2.75) is 3.79 Å². The van der Waals surface area contributed by atoms with Gasteiger partial charge in [-0.05, 0) is 12.1 Å². The lowest BCUT2D eigenvalue weighted by atomic mass is 10.1. The van der Waals surface area contributed by atoms with E-state index in [1.165, 1.54) is 13.3 Å². The van der Waals surface area contributed by atoms with E-state index in [-0.39, 0.29) is 0 Å². The van der Waals surface area contributed by atoms with Gasteiger partial charge in [0.1, 0.15) is 17.4 Å². The number of hydrogen-bond acceptors (Lipinski definition) is 4. The molecule has 0 atom stereocenters. The molecule has 1 rings (SSSR count). The molecule has 0 radical (unpaired) electrons. The molecule has 1 aromatic rings. The van der Waals surface area contributed by atoms with Gasteiger partial charge in [-0.25, -0.2) is 0 Å². The molecule has 0 amide bonds. The van der Waals surface area contributed by atoms with Crippen LogP contribution in [-0.2, 0) is 4.79 Å². The van der Waals surface area contributed by atoms with Crippen molar-refractivity contribution in [1.29, 1.82) is 5.26 Å². The van der Waals surface area contributed by atoms with Crippen LogP contribution in [0.25, 0.3) is 0 Å². The van der Waals surface area contributed by atoms with Crippen molar-refractivity contribution < 1.29 is 9.53 Å². The number of nitrogens with zero attached hydrogens (tertiary/aromatic N) is 1. The summed E-state index contributed by atoms with van der Waals surface area (Å²) in [5.41, 5.74) is 0.797. The van der Waals surface area contributed by atoms with E-state index in [1.807, 2.05) is 6.07 Å². The summed E-state index contributed by atoms with van der Waals surface area (Å²) >= 11 is 16.2. The van der Waals surface area contributed by atoms with E-state index < -0.39 is 9.58 Å². The lowest BCUT2D eigenvalue weighted by Crippen LogP contribution is -2.15. The Hall–Kier alpha value is -1.41. The fourth-order valence-corrected chi connectivity index (χ4v) is 1.43. The number of nitrogens with one attached hydrogen (secondary N) is 1. The Morgan fingerprint density at radius 1 is 1.47 bits per heavy atom. The molecule has 0 heterocycles. The highest BCUT2D eigenvalue weighted by molar-refractivity contribution is 6.77. The van der Waals surface area contributed by atoms with Crippen molar-refractivity contribution in [1.82, 2.24) is 0 Å². The third-order valence-corrected chi connectivity index (χ3v) is 2.67. The number of benzene rings is 1. The fraction of sp³-hybridized carbons (Fsp3) is 0.167. The maximum absolute atomic E-state index is 11.3. The van der Waals surface area contributed by atoms with Crippen molar-refractivity contribution >= 4 is 46.3 Å². The Morgan fingerprint density at radius 3 is 2.68 bits per heavy atom. The molecule has 0 unspecified atom stereocenters. The van der Waals surface area contributed by atoms with Gasteiger partial charge in [-0.15, -0.1) is 0 Å². The van der Waals surface area contributed by atoms with Gasteiger partial charge >= 0.3 is 0 Å². The quantitative estimate of drug-likeness (QED) is 0.682. The predicted octanol–water partition coefficient (Wildman–Crippen LogP) is 3.43. The number of hydrogen-bond donors (Lipinski definition) is 1. The normalized spacial score (nSPS) is 11.1. The number of carbonyl (C=O) groups is 1. The van der Waals surface area contributed by atoms with E-state index in [0.29, 0.717) is 17.0 Å². The van der Waals surface area contributed by atoms with Crippen molar-refractivity contribution in [3.05, 3.63) is 36.0 Å². The molecule has 0 bridgehead atoms. The summed E-state index contributed by atoms with van der Waals surface area (Å²) in [5, 5.41) is 11.8. The highest BCUT2D eigenvalue weighted by atomic mass is 35.6. The predicted molar refractivity (Wildman–Crippen MR) is 75.8 cm³/mol. The van der Waals surface area contributed by atoms with E-state index in [9.17, 15) is 4.79 Å². The largest absolute Gasteiger partial charge is 0.495 e. The highest BCUT2D eigenvalue weighted by Gasteiger charge is 2.27. The molecule has 0 aliphatic rings. The Labute approximate surface area is 125 Å². The van der Waals surface area contributed by atoms with E-state index >= 15 is 0 Å². The topological polar surface area (TPSA) is 62.1 Å². The van der Waals surface area contributed by atoms with Crippen LogP contribution in [0.3, 0.4) is 0 Å². The van der Waals surface area contributed by atoms with Crippen LogP contribution in [0, 0.1) is 11.3 Å². The minimum Gasteiger partial charge on any atom is -0.495 e. The van der Waals surface area contributed by atoms with Crippen molar-refractivity contribution in [3.63, 3.8) is 0 Å². The number of carbonyl (C=O) groups excluding carboxylic acids is 1. The number of ether oxygens (including phenoxy) is 1. The minimum atomic E-state index is -2.00. The van der Waals surface area contributed by atoms with Crippen molar-refractivity contribution in [2.24, 2.45) is 0 Å². The number of nitriles is 1. The monoisotopic (exact) mass is 318 g/mol. The van der Waals surface area contributed by atoms with Gasteiger partial charge < -0.3 is 10.1 Å². The highest BCUT2D eigenvalue weighted by Crippen LogP contribution is 2.28. The Morgan fingerprint density at radius 2 is 2.16 bits per heavy atom. The van der Waals surface area contributed by atoms with Crippen molar-refractivity contribution in [3.8, 4) is 11.8 Å². The van der Waals surface area contributed by atoms with Crippen LogP contribution in [0.2, 0.25) is 0 Å². The zero-order valence-electron chi connectivity index (χ0n) is 9.78. The second-order valence-electron chi connectivity index (χ2n) is 3.33. The number of ketones is 1. The maximum Gasteiger partial charge on any atom is 0.252 e. The first-order chi connectivity index (χ1) is 8.90. The molecule has 1 N–H and O–H groups in total. The van der Waals surface area contributed by atoms with E-state index in [4.69, 9.17) is 44.8 Å². The molecule has 0 aliphatic heterocycles. The summed E-state index contributed by atoms with van der Waals surface area (Å²) in [6.07, 6.45) is 2.37. The second kappa shape index (κ2) is 6.67. The zero-order valence-corrected chi connectivity index (χ0v) is 12.1. The van der Waals surface area contributed by atoms with Gasteiger partial charge in [-0.1, -0.05) is 40.9 Å². The molecule has 7 heteroatoms. The first-order valence-corrected chi connectivity index (χ1v) is 6.15. The average molecular weight is 320 g/mol. The second-order valence-corrected chi connectivity index (χ2v) is 5.62. The van der Waals surface area contributed by atoms with Crippen LogP contribution in [0.5, 0.6) is 5.75 Å². The van der Waals surface area contributed by atoms with Gasteiger partial charge in [0, 0.05) is 12.3 Å². The van der Waals surface area contributed by atoms with Gasteiger partial charge in [0.05, 0.1) is 12.8 Å². The van der Waals surface area contributed by atoms with Gasteiger partial charge in [0.15, 0.2) is 0 Å². The van der Waals surface area contributed by atoms with Gasteiger partial charge in [-0.2, -0.15) is 5.26 Å². The summed E-state index contributed by atoms with van der Waals surface area (Å²) in [6.45, 7) is 0. The van der Waals surface area contributed by atoms with E-state index in [2.05, 4.69) is 5.32 Å². The van der Waals surface area contributed by atoms with E-state index in [1.54, 1.807) is 18.2 Å². The van der Waals surface area contributed by atoms with E-state index in [0.717, 1.165) is 6.08 Å². The number of methoxy groups -OCH3 is 1. The Bertz CT molecular complexity index is 545. The molecule has 0 spiro atoms. The molecule has 1 aromatic carbocycles. The van der Waals surface area contributed by atoms with Gasteiger partial charge in [0.2, 0.25) is 5.78 Å². The van der Waals surface area contributed by atoms with Crippen LogP contribution < -0.4 is 10.1 Å². The smallest absolute Gasteiger partial charge is 0.252 e. The molecule has 100 valence electrons. The molecule has 4 nitrogen and oxygen atoms in total. The number of rotatable bonds is 4. The van der Waals surface area contributed by atoms with Crippen LogP contribution >= 0.6 is 34.8 Å². The SMILES string of the molecule is COc1cccc(N/C=C\C(=O)C(Cl)(Cl)Cl)c1C#N. The molecule has 0 fully saturated rings. The van der Waals surface area contributed by atoms with Gasteiger partial charge in [0.25, 0.3) is 3.79 Å². The summed E-state index contributed by atoms with van der Waals surface area (Å²) in [7, 11) is 1.46. The minimum absolute atomic E-state index is 0.316. The van der Waals surface area contributed by atoms with Crippen LogP contribution in [-0.4, -0.2) is 16.7 Å². The van der Waals surface area contributed by atoms with Crippen LogP contribution in [0.1, 0.15) is 5.56 Å². The summed E-state index contributed by atoms with van der Waals surface area (Å²) < 4.78 is 3.05. The summed E-state index contributed by atoms with van der Waals surface area (Å²) in [6, 6.07) is 7.01.